The second-order valence-electron chi connectivity index (χ2n) is 3.83. The molecular weight excluding hydrogens is 155 g/mol. The van der Waals surface area contributed by atoms with E-state index in [0.29, 0.717) is 6.35 Å². The largest absolute Gasteiger partial charge is 0.392 e. The van der Waals surface area contributed by atoms with E-state index in [1.807, 2.05) is 0 Å². The lowest BCUT2D eigenvalue weighted by Gasteiger charge is -2.19. The SMILES string of the molecule is OCP1[C@@H]2CCCC[C@H]1CC2. The average molecular weight is 172 g/mol. The maximum Gasteiger partial charge on any atom is 0.0629 e. The van der Waals surface area contributed by atoms with E-state index in [1.54, 1.807) is 0 Å². The van der Waals surface area contributed by atoms with Crippen molar-refractivity contribution in [1.82, 2.24) is 0 Å². The van der Waals surface area contributed by atoms with Crippen molar-refractivity contribution >= 4 is 7.92 Å². The van der Waals surface area contributed by atoms with Gasteiger partial charge in [-0.05, 0) is 37.0 Å². The highest BCUT2D eigenvalue weighted by Crippen LogP contribution is 2.59. The van der Waals surface area contributed by atoms with Gasteiger partial charge in [-0.15, -0.1) is 0 Å². The van der Waals surface area contributed by atoms with Crippen LogP contribution in [0.1, 0.15) is 38.5 Å². The highest BCUT2D eigenvalue weighted by molar-refractivity contribution is 7.59. The van der Waals surface area contributed by atoms with Gasteiger partial charge in [0.1, 0.15) is 0 Å². The third kappa shape index (κ3) is 1.46. The maximum atomic E-state index is 9.23. The normalized spacial score (nSPS) is 43.9. The zero-order chi connectivity index (χ0) is 7.68. The van der Waals surface area contributed by atoms with Crippen LogP contribution in [0.5, 0.6) is 0 Å². The topological polar surface area (TPSA) is 20.2 Å². The van der Waals surface area contributed by atoms with Crippen LogP contribution in [0.4, 0.5) is 0 Å². The van der Waals surface area contributed by atoms with E-state index in [9.17, 15) is 5.11 Å². The van der Waals surface area contributed by atoms with Crippen LogP contribution in [-0.4, -0.2) is 22.8 Å². The van der Waals surface area contributed by atoms with Gasteiger partial charge in [-0.25, -0.2) is 0 Å². The molecule has 0 aromatic carbocycles. The summed E-state index contributed by atoms with van der Waals surface area (Å²) in [7, 11) is 0.0481. The van der Waals surface area contributed by atoms with Crippen molar-refractivity contribution in [2.45, 2.75) is 49.8 Å². The van der Waals surface area contributed by atoms with E-state index in [-0.39, 0.29) is 7.92 Å². The zero-order valence-corrected chi connectivity index (χ0v) is 7.89. The van der Waals surface area contributed by atoms with Crippen molar-refractivity contribution < 1.29 is 5.11 Å². The van der Waals surface area contributed by atoms with Gasteiger partial charge in [0.2, 0.25) is 0 Å². The van der Waals surface area contributed by atoms with Crippen LogP contribution in [-0.2, 0) is 0 Å². The second-order valence-corrected chi connectivity index (χ2v) is 6.60. The molecule has 11 heavy (non-hydrogen) atoms. The molecule has 2 rings (SSSR count). The molecule has 2 heteroatoms. The molecule has 1 unspecified atom stereocenters. The molecule has 3 atom stereocenters. The van der Waals surface area contributed by atoms with Gasteiger partial charge >= 0.3 is 0 Å². The van der Waals surface area contributed by atoms with Gasteiger partial charge in [-0.3, -0.25) is 0 Å². The summed E-state index contributed by atoms with van der Waals surface area (Å²) in [6.07, 6.45) is 9.07. The van der Waals surface area contributed by atoms with E-state index < -0.39 is 0 Å². The molecule has 64 valence electrons. The predicted molar refractivity (Wildman–Crippen MR) is 49.3 cm³/mol. The first-order chi connectivity index (χ1) is 5.42. The minimum atomic E-state index is 0.0481. The molecule has 2 heterocycles. The Morgan fingerprint density at radius 3 is 2.00 bits per heavy atom. The fourth-order valence-electron chi connectivity index (χ4n) is 2.63. The minimum absolute atomic E-state index is 0.0481. The predicted octanol–water partition coefficient (Wildman–Crippen LogP) is 2.52. The number of rotatable bonds is 1. The molecule has 0 amide bonds. The summed E-state index contributed by atoms with van der Waals surface area (Å²) in [6.45, 7) is 0. The van der Waals surface area contributed by atoms with Crippen molar-refractivity contribution in [2.75, 3.05) is 6.35 Å². The molecule has 0 aromatic rings. The maximum absolute atomic E-state index is 9.23. The average Bonchev–Trinajstić information content (AvgIpc) is 2.23. The summed E-state index contributed by atoms with van der Waals surface area (Å²) in [5.74, 6) is 0. The highest BCUT2D eigenvalue weighted by Gasteiger charge is 2.35. The fraction of sp³-hybridized carbons (Fsp3) is 1.00. The van der Waals surface area contributed by atoms with Gasteiger partial charge in [0.25, 0.3) is 0 Å². The van der Waals surface area contributed by atoms with Crippen LogP contribution in [0.2, 0.25) is 0 Å². The summed E-state index contributed by atoms with van der Waals surface area (Å²) in [5, 5.41) is 9.23. The fourth-order valence-corrected chi connectivity index (χ4v) is 5.67. The smallest absolute Gasteiger partial charge is 0.0629 e. The molecule has 0 aliphatic carbocycles. The third-order valence-corrected chi connectivity index (χ3v) is 6.49. The standard InChI is InChI=1S/C9H17OP/c10-7-11-8-3-1-2-4-9(11)6-5-8/h8-10H,1-7H2/t8-,9+,11?. The molecular formula is C9H17OP. The Bertz CT molecular complexity index is 124. The summed E-state index contributed by atoms with van der Waals surface area (Å²) < 4.78 is 0. The molecule has 0 spiro atoms. The van der Waals surface area contributed by atoms with Crippen molar-refractivity contribution in [1.29, 1.82) is 0 Å². The quantitative estimate of drug-likeness (QED) is 0.602. The van der Waals surface area contributed by atoms with Crippen LogP contribution in [0.3, 0.4) is 0 Å². The molecule has 2 saturated heterocycles. The Labute approximate surface area is 69.9 Å². The summed E-state index contributed by atoms with van der Waals surface area (Å²) >= 11 is 0. The number of aliphatic hydroxyl groups is 1. The van der Waals surface area contributed by atoms with Crippen molar-refractivity contribution in [3.8, 4) is 0 Å². The number of aliphatic hydroxyl groups excluding tert-OH is 1. The number of hydrogen-bond acceptors (Lipinski definition) is 1. The first-order valence-electron chi connectivity index (χ1n) is 4.78. The zero-order valence-electron chi connectivity index (χ0n) is 7.00. The van der Waals surface area contributed by atoms with Crippen molar-refractivity contribution in [3.63, 3.8) is 0 Å². The molecule has 0 saturated carbocycles. The molecule has 1 nitrogen and oxygen atoms in total. The molecule has 2 fully saturated rings. The third-order valence-electron chi connectivity index (χ3n) is 3.26. The Hall–Kier alpha value is 0.390. The minimum Gasteiger partial charge on any atom is -0.392 e. The van der Waals surface area contributed by atoms with E-state index in [0.717, 1.165) is 11.3 Å². The lowest BCUT2D eigenvalue weighted by molar-refractivity contribution is 0.368. The number of fused-ring (bicyclic) bond motifs is 2. The van der Waals surface area contributed by atoms with Gasteiger partial charge in [-0.2, -0.15) is 0 Å². The van der Waals surface area contributed by atoms with Crippen LogP contribution in [0.15, 0.2) is 0 Å². The van der Waals surface area contributed by atoms with E-state index in [1.165, 1.54) is 38.5 Å². The van der Waals surface area contributed by atoms with Crippen LogP contribution < -0.4 is 0 Å². The van der Waals surface area contributed by atoms with Crippen molar-refractivity contribution in [3.05, 3.63) is 0 Å². The molecule has 2 aliphatic heterocycles. The molecule has 0 aromatic heterocycles. The highest BCUT2D eigenvalue weighted by atomic mass is 31.1. The summed E-state index contributed by atoms with van der Waals surface area (Å²) in [4.78, 5) is 0. The Morgan fingerprint density at radius 1 is 1.00 bits per heavy atom. The first kappa shape index (κ1) is 8.01. The van der Waals surface area contributed by atoms with Gasteiger partial charge in [0, 0.05) is 0 Å². The van der Waals surface area contributed by atoms with Crippen LogP contribution in [0.25, 0.3) is 0 Å². The van der Waals surface area contributed by atoms with E-state index in [2.05, 4.69) is 0 Å². The monoisotopic (exact) mass is 172 g/mol. The van der Waals surface area contributed by atoms with Gasteiger partial charge in [0.15, 0.2) is 0 Å². The number of hydrogen-bond donors (Lipinski definition) is 1. The molecule has 1 N–H and O–H groups in total. The van der Waals surface area contributed by atoms with Crippen LogP contribution in [0, 0.1) is 0 Å². The van der Waals surface area contributed by atoms with Crippen LogP contribution >= 0.6 is 7.92 Å². The molecule has 0 radical (unpaired) electrons. The Morgan fingerprint density at radius 2 is 1.55 bits per heavy atom. The first-order valence-corrected chi connectivity index (χ1v) is 6.45. The summed E-state index contributed by atoms with van der Waals surface area (Å²) in [6, 6.07) is 0. The Kier molecular flexibility index (Phi) is 2.48. The second kappa shape index (κ2) is 3.41. The van der Waals surface area contributed by atoms with Gasteiger partial charge in [0.05, 0.1) is 6.35 Å². The van der Waals surface area contributed by atoms with Crippen molar-refractivity contribution in [2.24, 2.45) is 0 Å². The van der Waals surface area contributed by atoms with Gasteiger partial charge < -0.3 is 5.11 Å². The lowest BCUT2D eigenvalue weighted by atomic mass is 10.0. The summed E-state index contributed by atoms with van der Waals surface area (Å²) in [5.41, 5.74) is 1.89. The lowest BCUT2D eigenvalue weighted by Crippen LogP contribution is -2.02. The Balaban J connectivity index is 2.06. The van der Waals surface area contributed by atoms with E-state index >= 15 is 0 Å². The van der Waals surface area contributed by atoms with E-state index in [4.69, 9.17) is 0 Å². The molecule has 2 aliphatic rings. The molecule has 2 bridgehead atoms. The van der Waals surface area contributed by atoms with Gasteiger partial charge in [-0.1, -0.05) is 20.8 Å².